The average Bonchev–Trinajstić information content (AvgIpc) is 3.86. The molecule has 2 bridgehead atoms. The molecule has 7 heterocycles. The smallest absolute Gasteiger partial charge is 0.228 e. The number of hydrogen-bond acceptors (Lipinski definition) is 12. The number of aromatic nitrogens is 3. The largest absolute Gasteiger partial charge is 0.389 e. The van der Waals surface area contributed by atoms with Gasteiger partial charge in [0, 0.05) is 68.9 Å². The van der Waals surface area contributed by atoms with Crippen molar-refractivity contribution in [3.63, 3.8) is 0 Å². The van der Waals surface area contributed by atoms with Crippen LogP contribution in [0.15, 0.2) is 6.20 Å². The summed E-state index contributed by atoms with van der Waals surface area (Å²) in [4.78, 5) is 23.8. The standard InChI is InChI=1S/C33H37F2N9O2S/c1-41(2)17-6-7-43(14-17)33-39-29-26(32(40-33)44-18-4-5-19(44)13-42(12-18)8-9-45-3)22-16-46-15-21(22)24(27(29)35)28-25-20(10-36)31(37)47-30(25)23(34)11-38-28/h11,17-19H,4-9,12-16,37H2,1-3H3/t17-,18?,19?/m0/s1. The predicted octanol–water partition coefficient (Wildman–Crippen LogP) is 4.11. The van der Waals surface area contributed by atoms with Gasteiger partial charge in [0.15, 0.2) is 11.6 Å². The van der Waals surface area contributed by atoms with Gasteiger partial charge in [0.05, 0.1) is 47.4 Å². The lowest BCUT2D eigenvalue weighted by atomic mass is 9.93. The van der Waals surface area contributed by atoms with Crippen molar-refractivity contribution in [2.24, 2.45) is 0 Å². The van der Waals surface area contributed by atoms with Gasteiger partial charge in [-0.25, -0.2) is 13.8 Å². The molecule has 3 aromatic heterocycles. The lowest BCUT2D eigenvalue weighted by Gasteiger charge is -2.42. The Morgan fingerprint density at radius 2 is 1.87 bits per heavy atom. The number of rotatable bonds is 7. The first-order valence-electron chi connectivity index (χ1n) is 16.1. The number of hydrogen-bond donors (Lipinski definition) is 1. The second kappa shape index (κ2) is 11.7. The minimum absolute atomic E-state index is 0.0953. The Labute approximate surface area is 275 Å². The number of fused-ring (bicyclic) bond motifs is 6. The highest BCUT2D eigenvalue weighted by Crippen LogP contribution is 2.48. The van der Waals surface area contributed by atoms with Gasteiger partial charge in [-0.3, -0.25) is 9.88 Å². The Bertz CT molecular complexity index is 1930. The SMILES string of the molecule is COCCN1CC2CCC(C1)N2c1nc(N2CC[C@H](N(C)C)C2)nc2c(F)c(-c3ncc(F)c4sc(N)c(C#N)c34)c3c(c12)COC3. The van der Waals surface area contributed by atoms with Gasteiger partial charge in [0.2, 0.25) is 5.95 Å². The number of anilines is 3. The first-order chi connectivity index (χ1) is 22.8. The maximum atomic E-state index is 17.5. The number of pyridine rings is 1. The Morgan fingerprint density at radius 3 is 2.57 bits per heavy atom. The number of methoxy groups -OCH3 is 1. The van der Waals surface area contributed by atoms with Crippen LogP contribution in [0, 0.1) is 23.0 Å². The number of benzene rings is 1. The topological polar surface area (TPSA) is 120 Å². The molecule has 0 aliphatic carbocycles. The third kappa shape index (κ3) is 4.82. The van der Waals surface area contributed by atoms with Crippen molar-refractivity contribution >= 4 is 49.1 Å². The Morgan fingerprint density at radius 1 is 1.11 bits per heavy atom. The molecular weight excluding hydrogens is 624 g/mol. The molecule has 3 atom stereocenters. The number of halogens is 2. The minimum atomic E-state index is -0.604. The van der Waals surface area contributed by atoms with Crippen molar-refractivity contribution in [2.75, 3.05) is 76.1 Å². The summed E-state index contributed by atoms with van der Waals surface area (Å²) in [6, 6.07) is 2.86. The molecule has 14 heteroatoms. The van der Waals surface area contributed by atoms with E-state index in [-0.39, 0.29) is 62.7 Å². The summed E-state index contributed by atoms with van der Waals surface area (Å²) in [6.07, 6.45) is 4.07. The zero-order chi connectivity index (χ0) is 32.6. The lowest BCUT2D eigenvalue weighted by molar-refractivity contribution is 0.132. The van der Waals surface area contributed by atoms with Gasteiger partial charge in [-0.1, -0.05) is 0 Å². The van der Waals surface area contributed by atoms with Gasteiger partial charge in [-0.15, -0.1) is 11.3 Å². The van der Waals surface area contributed by atoms with Crippen LogP contribution >= 0.6 is 11.3 Å². The number of ether oxygens (including phenoxy) is 2. The summed E-state index contributed by atoms with van der Waals surface area (Å²) >= 11 is 0.969. The molecule has 0 saturated carbocycles. The molecule has 11 nitrogen and oxygen atoms in total. The van der Waals surface area contributed by atoms with Gasteiger partial charge in [-0.2, -0.15) is 10.2 Å². The van der Waals surface area contributed by atoms with Crippen LogP contribution in [0.4, 0.5) is 25.5 Å². The van der Waals surface area contributed by atoms with Crippen LogP contribution < -0.4 is 15.5 Å². The number of nitrogens with zero attached hydrogens (tertiary/aromatic N) is 8. The molecule has 246 valence electrons. The Kier molecular flexibility index (Phi) is 7.64. The summed E-state index contributed by atoms with van der Waals surface area (Å²) in [6.45, 7) is 5.19. The molecule has 0 spiro atoms. The average molecular weight is 662 g/mol. The van der Waals surface area contributed by atoms with E-state index >= 15 is 8.78 Å². The fourth-order valence-electron chi connectivity index (χ4n) is 8.05. The van der Waals surface area contributed by atoms with E-state index in [1.165, 1.54) is 0 Å². The van der Waals surface area contributed by atoms with E-state index in [1.807, 2.05) is 0 Å². The van der Waals surface area contributed by atoms with Crippen molar-refractivity contribution in [3.05, 3.63) is 34.5 Å². The van der Waals surface area contributed by atoms with E-state index in [2.05, 4.69) is 44.7 Å². The number of piperazine rings is 1. The molecule has 4 aromatic rings. The van der Waals surface area contributed by atoms with Crippen molar-refractivity contribution in [1.29, 1.82) is 5.26 Å². The van der Waals surface area contributed by atoms with E-state index < -0.39 is 11.6 Å². The molecular formula is C33H37F2N9O2S. The second-order valence-electron chi connectivity index (χ2n) is 13.2. The quantitative estimate of drug-likeness (QED) is 0.308. The molecule has 0 radical (unpaired) electrons. The summed E-state index contributed by atoms with van der Waals surface area (Å²) in [5.74, 6) is 0.0702. The van der Waals surface area contributed by atoms with E-state index in [4.69, 9.17) is 25.2 Å². The number of nitrogens with two attached hydrogens (primary N) is 1. The van der Waals surface area contributed by atoms with E-state index in [1.54, 1.807) is 7.11 Å². The van der Waals surface area contributed by atoms with Crippen LogP contribution in [-0.2, 0) is 22.7 Å². The molecule has 4 aliphatic rings. The Balaban J connectivity index is 1.36. The fraction of sp³-hybridized carbons (Fsp3) is 0.515. The molecule has 8 rings (SSSR count). The number of likely N-dealkylation sites (tertiary alicyclic amines) is 1. The third-order valence-electron chi connectivity index (χ3n) is 10.4. The number of likely N-dealkylation sites (N-methyl/N-ethyl adjacent to an activating group) is 1. The summed E-state index contributed by atoms with van der Waals surface area (Å²) < 4.78 is 44.0. The van der Waals surface area contributed by atoms with Gasteiger partial charge in [0.25, 0.3) is 0 Å². The van der Waals surface area contributed by atoms with Crippen LogP contribution in [0.2, 0.25) is 0 Å². The number of thiophene rings is 1. The van der Waals surface area contributed by atoms with Crippen LogP contribution in [0.25, 0.3) is 32.2 Å². The molecule has 47 heavy (non-hydrogen) atoms. The second-order valence-corrected chi connectivity index (χ2v) is 14.3. The molecule has 4 aliphatic heterocycles. The van der Waals surface area contributed by atoms with Crippen molar-refractivity contribution in [3.8, 4) is 17.3 Å². The summed E-state index contributed by atoms with van der Waals surface area (Å²) in [5.41, 5.74) is 8.24. The maximum Gasteiger partial charge on any atom is 0.228 e. The van der Waals surface area contributed by atoms with Crippen molar-refractivity contribution in [1.82, 2.24) is 24.8 Å². The third-order valence-corrected chi connectivity index (χ3v) is 11.4. The monoisotopic (exact) mass is 661 g/mol. The molecule has 0 amide bonds. The number of nitriles is 1. The molecule has 2 unspecified atom stereocenters. The zero-order valence-electron chi connectivity index (χ0n) is 26.7. The Hall–Kier alpha value is -3.74. The van der Waals surface area contributed by atoms with Crippen LogP contribution in [0.5, 0.6) is 0 Å². The van der Waals surface area contributed by atoms with Gasteiger partial charge < -0.3 is 29.9 Å². The first-order valence-corrected chi connectivity index (χ1v) is 16.9. The van der Waals surface area contributed by atoms with Crippen molar-refractivity contribution in [2.45, 2.75) is 50.6 Å². The molecule has 3 fully saturated rings. The summed E-state index contributed by atoms with van der Waals surface area (Å²) in [5, 5.41) is 11.0. The normalized spacial score (nSPS) is 22.7. The highest BCUT2D eigenvalue weighted by molar-refractivity contribution is 7.23. The minimum Gasteiger partial charge on any atom is -0.389 e. The van der Waals surface area contributed by atoms with Crippen molar-refractivity contribution < 1.29 is 18.3 Å². The highest BCUT2D eigenvalue weighted by Gasteiger charge is 2.43. The van der Waals surface area contributed by atoms with Gasteiger partial charge >= 0.3 is 0 Å². The van der Waals surface area contributed by atoms with Gasteiger partial charge in [0.1, 0.15) is 22.4 Å². The van der Waals surface area contributed by atoms with E-state index in [9.17, 15) is 5.26 Å². The fourth-order valence-corrected chi connectivity index (χ4v) is 8.97. The highest BCUT2D eigenvalue weighted by atomic mass is 32.1. The molecule has 3 saturated heterocycles. The molecule has 2 N–H and O–H groups in total. The first kappa shape index (κ1) is 30.6. The number of nitrogen functional groups attached to an aromatic ring is 1. The van der Waals surface area contributed by atoms with E-state index in [0.29, 0.717) is 29.5 Å². The zero-order valence-corrected chi connectivity index (χ0v) is 27.5. The molecule has 1 aromatic carbocycles. The predicted molar refractivity (Wildman–Crippen MR) is 178 cm³/mol. The van der Waals surface area contributed by atoms with Crippen LogP contribution in [-0.4, -0.2) is 103 Å². The summed E-state index contributed by atoms with van der Waals surface area (Å²) in [7, 11) is 5.87. The van der Waals surface area contributed by atoms with Gasteiger partial charge in [-0.05, 0) is 44.5 Å². The lowest BCUT2D eigenvalue weighted by Crippen LogP contribution is -2.54. The van der Waals surface area contributed by atoms with Crippen LogP contribution in [0.1, 0.15) is 36.0 Å². The maximum absolute atomic E-state index is 17.5. The van der Waals surface area contributed by atoms with E-state index in [0.717, 1.165) is 80.9 Å². The van der Waals surface area contributed by atoms with Crippen LogP contribution in [0.3, 0.4) is 0 Å².